The maximum Gasteiger partial charge on any atom is 0.237 e. The Hall–Kier alpha value is -1.47. The van der Waals surface area contributed by atoms with Crippen LogP contribution < -0.4 is 10.6 Å². The maximum absolute atomic E-state index is 12.2. The highest BCUT2D eigenvalue weighted by Crippen LogP contribution is 2.18. The molecule has 2 N–H and O–H groups in total. The van der Waals surface area contributed by atoms with Crippen LogP contribution in [-0.4, -0.2) is 53.4 Å². The lowest BCUT2D eigenvalue weighted by Gasteiger charge is -2.37. The first-order valence-corrected chi connectivity index (χ1v) is 9.51. The Balaban J connectivity index is 1.80. The highest BCUT2D eigenvalue weighted by molar-refractivity contribution is 7.09. The predicted molar refractivity (Wildman–Crippen MR) is 96.2 cm³/mol. The Labute approximate surface area is 148 Å². The van der Waals surface area contributed by atoms with Crippen LogP contribution in [0.2, 0.25) is 0 Å². The molecular weight excluding hydrogens is 324 g/mol. The van der Waals surface area contributed by atoms with E-state index in [-0.39, 0.29) is 30.3 Å². The molecule has 0 aromatic carbocycles. The average Bonchev–Trinajstić information content (AvgIpc) is 2.98. The summed E-state index contributed by atoms with van der Waals surface area (Å²) < 4.78 is 0. The van der Waals surface area contributed by atoms with Crippen LogP contribution in [0, 0.1) is 0 Å². The summed E-state index contributed by atoms with van der Waals surface area (Å²) in [6.07, 6.45) is 0.938. The number of thiazole rings is 1. The third kappa shape index (κ3) is 5.01. The molecule has 1 fully saturated rings. The van der Waals surface area contributed by atoms with Crippen molar-refractivity contribution in [3.8, 4) is 0 Å². The van der Waals surface area contributed by atoms with Gasteiger partial charge in [-0.25, -0.2) is 4.98 Å². The Morgan fingerprint density at radius 2 is 2.21 bits per heavy atom. The van der Waals surface area contributed by atoms with E-state index in [0.717, 1.165) is 23.7 Å². The van der Waals surface area contributed by atoms with E-state index in [2.05, 4.69) is 53.6 Å². The molecule has 0 radical (unpaired) electrons. The SMILES string of the molecule is CC(C)c1csc(CCNC(=O)C[C@@H]2C(=O)NCCN2C(C)C)n1. The zero-order valence-electron chi connectivity index (χ0n) is 15.0. The molecule has 0 spiro atoms. The molecule has 0 bridgehead atoms. The second-order valence-electron chi connectivity index (χ2n) is 6.76. The number of hydrogen-bond acceptors (Lipinski definition) is 5. The van der Waals surface area contributed by atoms with Crippen LogP contribution in [0.5, 0.6) is 0 Å². The molecule has 2 amide bonds. The minimum absolute atomic E-state index is 0.0494. The molecule has 1 saturated heterocycles. The quantitative estimate of drug-likeness (QED) is 0.780. The van der Waals surface area contributed by atoms with Crippen molar-refractivity contribution < 1.29 is 9.59 Å². The van der Waals surface area contributed by atoms with Gasteiger partial charge in [-0.3, -0.25) is 14.5 Å². The van der Waals surface area contributed by atoms with Crippen molar-refractivity contribution in [3.63, 3.8) is 0 Å². The molecule has 1 aliphatic rings. The Bertz CT molecular complexity index is 571. The van der Waals surface area contributed by atoms with Gasteiger partial charge in [-0.15, -0.1) is 11.3 Å². The van der Waals surface area contributed by atoms with Crippen molar-refractivity contribution in [2.75, 3.05) is 19.6 Å². The number of aromatic nitrogens is 1. The fraction of sp³-hybridized carbons (Fsp3) is 0.706. The zero-order valence-corrected chi connectivity index (χ0v) is 15.8. The normalized spacial score (nSPS) is 18.9. The number of carbonyl (C=O) groups is 2. The number of nitrogens with zero attached hydrogens (tertiary/aromatic N) is 2. The fourth-order valence-electron chi connectivity index (χ4n) is 2.82. The third-order valence-electron chi connectivity index (χ3n) is 4.24. The van der Waals surface area contributed by atoms with Gasteiger partial charge in [0, 0.05) is 37.5 Å². The highest BCUT2D eigenvalue weighted by Gasteiger charge is 2.32. The van der Waals surface area contributed by atoms with Gasteiger partial charge in [0.1, 0.15) is 0 Å². The van der Waals surface area contributed by atoms with Crippen molar-refractivity contribution in [2.24, 2.45) is 0 Å². The number of nitrogens with one attached hydrogen (secondary N) is 2. The topological polar surface area (TPSA) is 74.3 Å². The van der Waals surface area contributed by atoms with Gasteiger partial charge in [-0.05, 0) is 19.8 Å². The summed E-state index contributed by atoms with van der Waals surface area (Å²) >= 11 is 1.64. The van der Waals surface area contributed by atoms with Crippen molar-refractivity contribution in [3.05, 3.63) is 16.1 Å². The zero-order chi connectivity index (χ0) is 17.7. The number of hydrogen-bond donors (Lipinski definition) is 2. The Morgan fingerprint density at radius 3 is 2.83 bits per heavy atom. The molecule has 134 valence electrons. The molecule has 24 heavy (non-hydrogen) atoms. The van der Waals surface area contributed by atoms with Crippen molar-refractivity contribution in [2.45, 2.75) is 58.5 Å². The Morgan fingerprint density at radius 1 is 1.46 bits per heavy atom. The highest BCUT2D eigenvalue weighted by atomic mass is 32.1. The molecule has 0 unspecified atom stereocenters. The maximum atomic E-state index is 12.2. The van der Waals surface area contributed by atoms with Gasteiger partial charge in [-0.1, -0.05) is 13.8 Å². The summed E-state index contributed by atoms with van der Waals surface area (Å²) in [4.78, 5) is 30.9. The van der Waals surface area contributed by atoms with E-state index in [4.69, 9.17) is 0 Å². The van der Waals surface area contributed by atoms with E-state index < -0.39 is 0 Å². The van der Waals surface area contributed by atoms with Gasteiger partial charge in [0.15, 0.2) is 0 Å². The molecular formula is C17H28N4O2S. The van der Waals surface area contributed by atoms with Gasteiger partial charge < -0.3 is 10.6 Å². The second kappa shape index (κ2) is 8.58. The first-order chi connectivity index (χ1) is 11.4. The molecule has 1 aromatic rings. The molecule has 0 aliphatic carbocycles. The number of rotatable bonds is 7. The molecule has 1 atom stereocenters. The molecule has 1 aromatic heterocycles. The lowest BCUT2D eigenvalue weighted by Crippen LogP contribution is -2.58. The summed E-state index contributed by atoms with van der Waals surface area (Å²) in [5.74, 6) is 0.298. The van der Waals surface area contributed by atoms with Crippen molar-refractivity contribution >= 4 is 23.2 Å². The fourth-order valence-corrected chi connectivity index (χ4v) is 3.78. The van der Waals surface area contributed by atoms with Crippen LogP contribution in [0.4, 0.5) is 0 Å². The van der Waals surface area contributed by atoms with Gasteiger partial charge >= 0.3 is 0 Å². The first-order valence-electron chi connectivity index (χ1n) is 8.63. The predicted octanol–water partition coefficient (Wildman–Crippen LogP) is 1.52. The third-order valence-corrected chi connectivity index (χ3v) is 5.16. The molecule has 0 saturated carbocycles. The van der Waals surface area contributed by atoms with E-state index in [1.165, 1.54) is 0 Å². The second-order valence-corrected chi connectivity index (χ2v) is 7.71. The Kier molecular flexibility index (Phi) is 6.74. The van der Waals surface area contributed by atoms with Gasteiger partial charge in [0.05, 0.1) is 23.2 Å². The minimum Gasteiger partial charge on any atom is -0.356 e. The molecule has 6 nitrogen and oxygen atoms in total. The molecule has 2 rings (SSSR count). The van der Waals surface area contributed by atoms with E-state index in [1.807, 2.05) is 0 Å². The van der Waals surface area contributed by atoms with E-state index in [0.29, 0.717) is 19.0 Å². The van der Waals surface area contributed by atoms with Gasteiger partial charge in [-0.2, -0.15) is 0 Å². The summed E-state index contributed by atoms with van der Waals surface area (Å²) in [6.45, 7) is 10.3. The summed E-state index contributed by atoms with van der Waals surface area (Å²) in [7, 11) is 0. The van der Waals surface area contributed by atoms with Crippen LogP contribution in [-0.2, 0) is 16.0 Å². The smallest absolute Gasteiger partial charge is 0.237 e. The van der Waals surface area contributed by atoms with E-state index in [1.54, 1.807) is 11.3 Å². The van der Waals surface area contributed by atoms with E-state index in [9.17, 15) is 9.59 Å². The molecule has 7 heteroatoms. The summed E-state index contributed by atoms with van der Waals surface area (Å²) in [5.41, 5.74) is 1.10. The van der Waals surface area contributed by atoms with E-state index >= 15 is 0 Å². The van der Waals surface area contributed by atoms with Crippen molar-refractivity contribution in [1.82, 2.24) is 20.5 Å². The van der Waals surface area contributed by atoms with Gasteiger partial charge in [0.25, 0.3) is 0 Å². The lowest BCUT2D eigenvalue weighted by molar-refractivity contribution is -0.134. The lowest BCUT2D eigenvalue weighted by atomic mass is 10.1. The van der Waals surface area contributed by atoms with Crippen LogP contribution >= 0.6 is 11.3 Å². The van der Waals surface area contributed by atoms with Crippen LogP contribution in [0.25, 0.3) is 0 Å². The summed E-state index contributed by atoms with van der Waals surface area (Å²) in [6, 6.07) is -0.121. The molecule has 2 heterocycles. The minimum atomic E-state index is -0.369. The summed E-state index contributed by atoms with van der Waals surface area (Å²) in [5, 5.41) is 8.88. The molecule has 1 aliphatic heterocycles. The average molecular weight is 353 g/mol. The van der Waals surface area contributed by atoms with Crippen molar-refractivity contribution in [1.29, 1.82) is 0 Å². The first kappa shape index (κ1) is 18.9. The van der Waals surface area contributed by atoms with Crippen LogP contribution in [0.1, 0.15) is 50.7 Å². The van der Waals surface area contributed by atoms with Gasteiger partial charge in [0.2, 0.25) is 11.8 Å². The monoisotopic (exact) mass is 352 g/mol. The number of piperazine rings is 1. The number of carbonyl (C=O) groups excluding carboxylic acids is 2. The standard InChI is InChI=1S/C17H28N4O2S/c1-11(2)13-10-24-16(20-13)5-6-18-15(22)9-14-17(23)19-7-8-21(14)12(3)4/h10-12,14H,5-9H2,1-4H3,(H,18,22)(H,19,23)/t14-/m1/s1. The largest absolute Gasteiger partial charge is 0.356 e. The number of amides is 2. The van der Waals surface area contributed by atoms with Crippen LogP contribution in [0.15, 0.2) is 5.38 Å². The van der Waals surface area contributed by atoms with Crippen LogP contribution in [0.3, 0.4) is 0 Å².